The number of rotatable bonds is 7. The van der Waals surface area contributed by atoms with Crippen molar-refractivity contribution in [3.8, 4) is 11.5 Å². The van der Waals surface area contributed by atoms with Crippen molar-refractivity contribution in [2.45, 2.75) is 20.1 Å². The van der Waals surface area contributed by atoms with Crippen LogP contribution >= 0.6 is 11.8 Å². The summed E-state index contributed by atoms with van der Waals surface area (Å²) in [6, 6.07) is 16.9. The van der Waals surface area contributed by atoms with Crippen molar-refractivity contribution >= 4 is 29.0 Å². The molecule has 1 saturated heterocycles. The van der Waals surface area contributed by atoms with Crippen LogP contribution in [0.25, 0.3) is 6.08 Å². The molecule has 0 bridgehead atoms. The minimum absolute atomic E-state index is 0.264. The van der Waals surface area contributed by atoms with E-state index in [4.69, 9.17) is 9.47 Å². The SMILES string of the molecule is COc1cc(/C=C2\SC(=O)N(Cc3ccccc3C)C2=O)ccc1OCc1ccncc1. The predicted molar refractivity (Wildman–Crippen MR) is 124 cm³/mol. The Kier molecular flexibility index (Phi) is 6.56. The molecule has 0 spiro atoms. The van der Waals surface area contributed by atoms with Crippen LogP contribution < -0.4 is 9.47 Å². The molecular formula is C25H22N2O4S. The third-order valence-electron chi connectivity index (χ3n) is 5.09. The number of hydrogen-bond donors (Lipinski definition) is 0. The maximum Gasteiger partial charge on any atom is 0.293 e. The molecule has 3 aromatic rings. The van der Waals surface area contributed by atoms with Gasteiger partial charge in [0.05, 0.1) is 18.6 Å². The molecule has 2 aromatic carbocycles. The van der Waals surface area contributed by atoms with Crippen LogP contribution in [0, 0.1) is 6.92 Å². The van der Waals surface area contributed by atoms with Gasteiger partial charge in [-0.15, -0.1) is 0 Å². The molecule has 1 aliphatic heterocycles. The van der Waals surface area contributed by atoms with Gasteiger partial charge in [0.25, 0.3) is 11.1 Å². The largest absolute Gasteiger partial charge is 0.493 e. The van der Waals surface area contributed by atoms with Crippen molar-refractivity contribution in [2.24, 2.45) is 0 Å². The van der Waals surface area contributed by atoms with Gasteiger partial charge in [-0.25, -0.2) is 0 Å². The fraction of sp³-hybridized carbons (Fsp3) is 0.160. The number of amides is 2. The Labute approximate surface area is 190 Å². The number of carbonyl (C=O) groups excluding carboxylic acids is 2. The molecule has 32 heavy (non-hydrogen) atoms. The number of nitrogens with zero attached hydrogens (tertiary/aromatic N) is 2. The zero-order valence-corrected chi connectivity index (χ0v) is 18.6. The Balaban J connectivity index is 1.50. The number of thioether (sulfide) groups is 1. The maximum atomic E-state index is 12.9. The summed E-state index contributed by atoms with van der Waals surface area (Å²) in [5.74, 6) is 0.848. The normalized spacial score (nSPS) is 14.8. The average Bonchev–Trinajstić information content (AvgIpc) is 3.07. The van der Waals surface area contributed by atoms with Gasteiger partial charge in [0.2, 0.25) is 0 Å². The third kappa shape index (κ3) is 4.84. The van der Waals surface area contributed by atoms with Gasteiger partial charge in [0.15, 0.2) is 11.5 Å². The van der Waals surface area contributed by atoms with Gasteiger partial charge in [-0.05, 0) is 71.3 Å². The monoisotopic (exact) mass is 446 g/mol. The molecule has 0 saturated carbocycles. The summed E-state index contributed by atoms with van der Waals surface area (Å²) in [5, 5.41) is -0.270. The highest BCUT2D eigenvalue weighted by molar-refractivity contribution is 8.18. The summed E-state index contributed by atoms with van der Waals surface area (Å²) in [6.45, 7) is 2.62. The minimum Gasteiger partial charge on any atom is -0.493 e. The first-order valence-electron chi connectivity index (χ1n) is 10.0. The van der Waals surface area contributed by atoms with Crippen molar-refractivity contribution in [2.75, 3.05) is 7.11 Å². The quantitative estimate of drug-likeness (QED) is 0.464. The van der Waals surface area contributed by atoms with E-state index < -0.39 is 0 Å². The highest BCUT2D eigenvalue weighted by Crippen LogP contribution is 2.35. The standard InChI is InChI=1S/C25H22N2O4S/c1-17-5-3-4-6-20(17)15-27-24(28)23(32-25(27)29)14-19-7-8-21(22(13-19)30-2)31-16-18-9-11-26-12-10-18/h3-14H,15-16H2,1-2H3/b23-14-. The Morgan fingerprint density at radius 2 is 1.81 bits per heavy atom. The van der Waals surface area contributed by atoms with Crippen molar-refractivity contribution in [1.29, 1.82) is 0 Å². The second kappa shape index (κ2) is 9.70. The number of aryl methyl sites for hydroxylation is 1. The number of aromatic nitrogens is 1. The first kappa shape index (κ1) is 21.6. The smallest absolute Gasteiger partial charge is 0.293 e. The third-order valence-corrected chi connectivity index (χ3v) is 6.00. The second-order valence-electron chi connectivity index (χ2n) is 7.25. The van der Waals surface area contributed by atoms with Gasteiger partial charge in [-0.2, -0.15) is 0 Å². The molecule has 4 rings (SSSR count). The van der Waals surface area contributed by atoms with Crippen molar-refractivity contribution in [1.82, 2.24) is 9.88 Å². The van der Waals surface area contributed by atoms with Crippen LogP contribution in [0.5, 0.6) is 11.5 Å². The number of carbonyl (C=O) groups is 2. The highest BCUT2D eigenvalue weighted by Gasteiger charge is 2.35. The van der Waals surface area contributed by atoms with Gasteiger partial charge < -0.3 is 9.47 Å². The number of ether oxygens (including phenoxy) is 2. The fourth-order valence-corrected chi connectivity index (χ4v) is 4.12. The summed E-state index contributed by atoms with van der Waals surface area (Å²) in [7, 11) is 1.56. The Hall–Kier alpha value is -3.58. The highest BCUT2D eigenvalue weighted by atomic mass is 32.2. The van der Waals surface area contributed by atoms with Crippen LogP contribution in [0.1, 0.15) is 22.3 Å². The zero-order chi connectivity index (χ0) is 22.5. The molecule has 0 aliphatic carbocycles. The summed E-state index contributed by atoms with van der Waals surface area (Å²) < 4.78 is 11.3. The number of methoxy groups -OCH3 is 1. The molecule has 7 heteroatoms. The van der Waals surface area contributed by atoms with E-state index in [1.54, 1.807) is 37.7 Å². The predicted octanol–water partition coefficient (Wildman–Crippen LogP) is 5.21. The van der Waals surface area contributed by atoms with E-state index in [1.807, 2.05) is 49.4 Å². The Bertz CT molecular complexity index is 1180. The first-order chi connectivity index (χ1) is 15.5. The van der Waals surface area contributed by atoms with E-state index in [9.17, 15) is 9.59 Å². The number of hydrogen-bond acceptors (Lipinski definition) is 6. The minimum atomic E-state index is -0.291. The van der Waals surface area contributed by atoms with Crippen molar-refractivity contribution in [3.05, 3.63) is 94.1 Å². The van der Waals surface area contributed by atoms with E-state index in [0.29, 0.717) is 23.0 Å². The lowest BCUT2D eigenvalue weighted by Gasteiger charge is -2.14. The molecular weight excluding hydrogens is 424 g/mol. The van der Waals surface area contributed by atoms with E-state index in [2.05, 4.69) is 4.98 Å². The molecule has 1 fully saturated rings. The molecule has 1 aliphatic rings. The lowest BCUT2D eigenvalue weighted by atomic mass is 10.1. The van der Waals surface area contributed by atoms with Crippen LogP contribution in [-0.4, -0.2) is 28.1 Å². The van der Waals surface area contributed by atoms with E-state index in [0.717, 1.165) is 34.0 Å². The van der Waals surface area contributed by atoms with E-state index in [1.165, 1.54) is 4.90 Å². The molecule has 2 heterocycles. The van der Waals surface area contributed by atoms with Crippen LogP contribution in [0.4, 0.5) is 4.79 Å². The van der Waals surface area contributed by atoms with Crippen LogP contribution in [0.15, 0.2) is 71.9 Å². The maximum absolute atomic E-state index is 12.9. The molecule has 0 atom stereocenters. The lowest BCUT2D eigenvalue weighted by molar-refractivity contribution is -0.123. The summed E-state index contributed by atoms with van der Waals surface area (Å²) in [6.07, 6.45) is 5.13. The van der Waals surface area contributed by atoms with Gasteiger partial charge in [-0.1, -0.05) is 30.3 Å². The van der Waals surface area contributed by atoms with Crippen LogP contribution in [0.2, 0.25) is 0 Å². The lowest BCUT2D eigenvalue weighted by Crippen LogP contribution is -2.27. The number of pyridine rings is 1. The molecule has 0 unspecified atom stereocenters. The van der Waals surface area contributed by atoms with Gasteiger partial charge in [0, 0.05) is 12.4 Å². The molecule has 162 valence electrons. The summed E-state index contributed by atoms with van der Waals surface area (Å²) >= 11 is 0.947. The fourth-order valence-electron chi connectivity index (χ4n) is 3.28. The van der Waals surface area contributed by atoms with Crippen LogP contribution in [0.3, 0.4) is 0 Å². The summed E-state index contributed by atoms with van der Waals surface area (Å²) in [4.78, 5) is 31.0. The molecule has 6 nitrogen and oxygen atoms in total. The summed E-state index contributed by atoms with van der Waals surface area (Å²) in [5.41, 5.74) is 3.74. The Morgan fingerprint density at radius 1 is 1.03 bits per heavy atom. The van der Waals surface area contributed by atoms with Gasteiger partial charge in [0.1, 0.15) is 6.61 Å². The topological polar surface area (TPSA) is 68.7 Å². The Morgan fingerprint density at radius 3 is 2.56 bits per heavy atom. The molecule has 0 N–H and O–H groups in total. The van der Waals surface area contributed by atoms with Gasteiger partial charge >= 0.3 is 0 Å². The molecule has 1 aromatic heterocycles. The molecule has 0 radical (unpaired) electrons. The molecule has 2 amide bonds. The number of benzene rings is 2. The van der Waals surface area contributed by atoms with Gasteiger partial charge in [-0.3, -0.25) is 19.5 Å². The zero-order valence-electron chi connectivity index (χ0n) is 17.8. The average molecular weight is 447 g/mol. The second-order valence-corrected chi connectivity index (χ2v) is 8.24. The van der Waals surface area contributed by atoms with E-state index in [-0.39, 0.29) is 17.7 Å². The van der Waals surface area contributed by atoms with Crippen molar-refractivity contribution in [3.63, 3.8) is 0 Å². The number of imide groups is 1. The van der Waals surface area contributed by atoms with Crippen LogP contribution in [-0.2, 0) is 17.9 Å². The van der Waals surface area contributed by atoms with E-state index >= 15 is 0 Å². The van der Waals surface area contributed by atoms with Crippen molar-refractivity contribution < 1.29 is 19.1 Å². The first-order valence-corrected chi connectivity index (χ1v) is 10.9.